The van der Waals surface area contributed by atoms with Crippen molar-refractivity contribution >= 4 is 11.6 Å². The fourth-order valence-corrected chi connectivity index (χ4v) is 4.97. The van der Waals surface area contributed by atoms with Gasteiger partial charge in [-0.15, -0.1) is 0 Å². The summed E-state index contributed by atoms with van der Waals surface area (Å²) in [7, 11) is 2.12. The van der Waals surface area contributed by atoms with Gasteiger partial charge in [0.2, 0.25) is 0 Å². The molecular formula is C27H34N6O. The number of hydrogen-bond acceptors (Lipinski definition) is 5. The van der Waals surface area contributed by atoms with Crippen LogP contribution in [0.5, 0.6) is 0 Å². The number of rotatable bonds is 5. The number of benzene rings is 2. The minimum Gasteiger partial charge on any atom is -0.366 e. The molecule has 1 fully saturated rings. The lowest BCUT2D eigenvalue weighted by atomic mass is 9.98. The van der Waals surface area contributed by atoms with Crippen LogP contribution in [0.3, 0.4) is 0 Å². The molecule has 0 aliphatic carbocycles. The third kappa shape index (κ3) is 4.57. The molecule has 7 heteroatoms. The highest BCUT2D eigenvalue weighted by Gasteiger charge is 2.33. The number of carbonyl (C=O) groups is 1. The quantitative estimate of drug-likeness (QED) is 0.582. The van der Waals surface area contributed by atoms with Crippen LogP contribution in [0.15, 0.2) is 54.9 Å². The minimum atomic E-state index is 0.0433. The van der Waals surface area contributed by atoms with Gasteiger partial charge in [-0.25, -0.2) is 4.98 Å². The molecule has 0 spiro atoms. The van der Waals surface area contributed by atoms with E-state index in [2.05, 4.69) is 72.1 Å². The molecule has 34 heavy (non-hydrogen) atoms. The molecule has 0 unspecified atom stereocenters. The van der Waals surface area contributed by atoms with Crippen LogP contribution in [0.25, 0.3) is 0 Å². The van der Waals surface area contributed by atoms with Crippen LogP contribution < -0.4 is 4.90 Å². The highest BCUT2D eigenvalue weighted by Crippen LogP contribution is 2.40. The number of fused-ring (bicyclic) bond motifs is 1. The molecule has 0 bridgehead atoms. The lowest BCUT2D eigenvalue weighted by Crippen LogP contribution is -2.34. The number of hydrogen-bond donors (Lipinski definition) is 0. The van der Waals surface area contributed by atoms with Gasteiger partial charge in [0.25, 0.3) is 5.91 Å². The number of aromatic nitrogens is 3. The summed E-state index contributed by atoms with van der Waals surface area (Å²) in [4.78, 5) is 24.8. The van der Waals surface area contributed by atoms with E-state index in [9.17, 15) is 4.79 Å². The lowest BCUT2D eigenvalue weighted by molar-refractivity contribution is 0.0762. The van der Waals surface area contributed by atoms with Crippen LogP contribution >= 0.6 is 0 Å². The highest BCUT2D eigenvalue weighted by atomic mass is 16.2. The summed E-state index contributed by atoms with van der Waals surface area (Å²) in [6, 6.07) is 17.0. The molecular weight excluding hydrogens is 424 g/mol. The van der Waals surface area contributed by atoms with E-state index in [1.165, 1.54) is 11.3 Å². The second-order valence-corrected chi connectivity index (χ2v) is 9.82. The molecule has 1 saturated heterocycles. The van der Waals surface area contributed by atoms with Crippen molar-refractivity contribution in [1.82, 2.24) is 24.6 Å². The Balaban J connectivity index is 1.47. The number of likely N-dealkylation sites (N-methyl/N-ethyl adjacent to an activating group) is 1. The van der Waals surface area contributed by atoms with Gasteiger partial charge < -0.3 is 14.7 Å². The van der Waals surface area contributed by atoms with E-state index >= 15 is 0 Å². The van der Waals surface area contributed by atoms with E-state index < -0.39 is 0 Å². The van der Waals surface area contributed by atoms with Crippen molar-refractivity contribution in [3.8, 4) is 0 Å². The maximum atomic E-state index is 13.4. The Kier molecular flexibility index (Phi) is 6.37. The summed E-state index contributed by atoms with van der Waals surface area (Å²) >= 11 is 0. The monoisotopic (exact) mass is 458 g/mol. The normalized spacial score (nSPS) is 18.9. The Morgan fingerprint density at radius 3 is 2.65 bits per heavy atom. The molecule has 178 valence electrons. The van der Waals surface area contributed by atoms with Gasteiger partial charge in [0, 0.05) is 50.0 Å². The van der Waals surface area contributed by atoms with Gasteiger partial charge in [0.1, 0.15) is 6.33 Å². The molecule has 0 N–H and O–H groups in total. The first-order valence-corrected chi connectivity index (χ1v) is 12.3. The minimum absolute atomic E-state index is 0.0433. The third-order valence-electron chi connectivity index (χ3n) is 6.98. The fraction of sp³-hybridized carbons (Fsp3) is 0.444. The van der Waals surface area contributed by atoms with Crippen LogP contribution in [0, 0.1) is 0 Å². The van der Waals surface area contributed by atoms with Gasteiger partial charge in [-0.1, -0.05) is 30.3 Å². The van der Waals surface area contributed by atoms with Gasteiger partial charge in [-0.3, -0.25) is 9.48 Å². The van der Waals surface area contributed by atoms with Gasteiger partial charge in [0.15, 0.2) is 5.82 Å². The van der Waals surface area contributed by atoms with Crippen LogP contribution in [0.4, 0.5) is 5.69 Å². The number of nitrogens with zero attached hydrogens (tertiary/aromatic N) is 6. The van der Waals surface area contributed by atoms with Gasteiger partial charge in [-0.2, -0.15) is 5.10 Å². The van der Waals surface area contributed by atoms with Crippen LogP contribution in [-0.2, 0) is 6.54 Å². The predicted octanol–water partition coefficient (Wildman–Crippen LogP) is 3.79. The van der Waals surface area contributed by atoms with Gasteiger partial charge >= 0.3 is 0 Å². The van der Waals surface area contributed by atoms with E-state index in [-0.39, 0.29) is 17.9 Å². The standard InChI is InChI=1S/C27H34N6O/c1-20(2)33-19-28-26(29-33)24-18-32(17-21-8-5-4-6-9-21)25-11-10-22(16-23(24)25)27(34)31-13-7-12-30(3)14-15-31/h4-6,8-11,16,19-20,24H,7,12-15,17-18H2,1-3H3/t24-/m0/s1. The molecule has 3 aromatic rings. The molecule has 1 aromatic heterocycles. The largest absolute Gasteiger partial charge is 0.366 e. The molecule has 2 aliphatic heterocycles. The fourth-order valence-electron chi connectivity index (χ4n) is 4.97. The summed E-state index contributed by atoms with van der Waals surface area (Å²) in [5, 5.41) is 4.80. The molecule has 5 rings (SSSR count). The smallest absolute Gasteiger partial charge is 0.253 e. The van der Waals surface area contributed by atoms with E-state index in [1.54, 1.807) is 0 Å². The van der Waals surface area contributed by atoms with E-state index in [4.69, 9.17) is 5.10 Å². The first kappa shape index (κ1) is 22.6. The Bertz CT molecular complexity index is 1140. The second kappa shape index (κ2) is 9.58. The first-order valence-electron chi connectivity index (χ1n) is 12.3. The second-order valence-electron chi connectivity index (χ2n) is 9.82. The topological polar surface area (TPSA) is 57.5 Å². The Morgan fingerprint density at radius 1 is 1.06 bits per heavy atom. The molecule has 2 aromatic carbocycles. The predicted molar refractivity (Wildman–Crippen MR) is 134 cm³/mol. The summed E-state index contributed by atoms with van der Waals surface area (Å²) < 4.78 is 1.91. The Labute approximate surface area is 202 Å². The van der Waals surface area contributed by atoms with Crippen molar-refractivity contribution in [3.05, 3.63) is 77.4 Å². The average Bonchev–Trinajstić information content (AvgIpc) is 3.40. The van der Waals surface area contributed by atoms with Crippen LogP contribution in [0.1, 0.15) is 59.5 Å². The van der Waals surface area contributed by atoms with Crippen molar-refractivity contribution in [2.24, 2.45) is 0 Å². The van der Waals surface area contributed by atoms with Crippen molar-refractivity contribution < 1.29 is 4.79 Å². The highest BCUT2D eigenvalue weighted by molar-refractivity contribution is 5.95. The number of carbonyl (C=O) groups excluding carboxylic acids is 1. The molecule has 0 saturated carbocycles. The van der Waals surface area contributed by atoms with Crippen molar-refractivity contribution in [2.45, 2.75) is 38.8 Å². The maximum absolute atomic E-state index is 13.4. The van der Waals surface area contributed by atoms with Crippen molar-refractivity contribution in [1.29, 1.82) is 0 Å². The van der Waals surface area contributed by atoms with Crippen LogP contribution in [0.2, 0.25) is 0 Å². The van der Waals surface area contributed by atoms with E-state index in [0.29, 0.717) is 0 Å². The molecule has 1 atom stereocenters. The van der Waals surface area contributed by atoms with Crippen LogP contribution in [-0.4, -0.2) is 70.2 Å². The Morgan fingerprint density at radius 2 is 1.88 bits per heavy atom. The SMILES string of the molecule is CC(C)n1cnc([C@H]2CN(Cc3ccccc3)c3ccc(C(=O)N4CCCN(C)CC4)cc32)n1. The van der Waals surface area contributed by atoms with Gasteiger partial charge in [-0.05, 0) is 63.2 Å². The number of amides is 1. The molecule has 1 amide bonds. The molecule has 2 aliphatic rings. The van der Waals surface area contributed by atoms with Gasteiger partial charge in [0.05, 0.1) is 5.92 Å². The zero-order valence-electron chi connectivity index (χ0n) is 20.4. The Hall–Kier alpha value is -3.19. The molecule has 3 heterocycles. The zero-order valence-corrected chi connectivity index (χ0v) is 20.4. The van der Waals surface area contributed by atoms with Crippen molar-refractivity contribution in [3.63, 3.8) is 0 Å². The van der Waals surface area contributed by atoms with Crippen molar-refractivity contribution in [2.75, 3.05) is 44.7 Å². The summed E-state index contributed by atoms with van der Waals surface area (Å²) in [5.41, 5.74) is 4.35. The maximum Gasteiger partial charge on any atom is 0.253 e. The number of anilines is 1. The summed E-state index contributed by atoms with van der Waals surface area (Å²) in [6.07, 6.45) is 2.83. The third-order valence-corrected chi connectivity index (χ3v) is 6.98. The first-order chi connectivity index (χ1) is 16.5. The van der Waals surface area contributed by atoms with E-state index in [0.717, 1.165) is 62.6 Å². The molecule has 7 nitrogen and oxygen atoms in total. The summed E-state index contributed by atoms with van der Waals surface area (Å²) in [5.74, 6) is 0.993. The lowest BCUT2D eigenvalue weighted by Gasteiger charge is -2.22. The molecule has 0 radical (unpaired) electrons. The van der Waals surface area contributed by atoms with E-state index in [1.807, 2.05) is 28.0 Å². The zero-order chi connectivity index (χ0) is 23.7. The summed E-state index contributed by atoms with van der Waals surface area (Å²) in [6.45, 7) is 9.38. The average molecular weight is 459 g/mol.